The fraction of sp³-hybridized carbons (Fsp3) is 1.00. The van der Waals surface area contributed by atoms with E-state index in [9.17, 15) is 0 Å². The third-order valence-electron chi connectivity index (χ3n) is 4.80. The second-order valence-corrected chi connectivity index (χ2v) is 6.15. The Bertz CT molecular complexity index is 213. The van der Waals surface area contributed by atoms with Crippen molar-refractivity contribution in [1.82, 2.24) is 5.32 Å². The molecule has 2 aliphatic rings. The first kappa shape index (κ1) is 14.3. The van der Waals surface area contributed by atoms with E-state index in [2.05, 4.69) is 12.2 Å². The van der Waals surface area contributed by atoms with Gasteiger partial charge in [-0.1, -0.05) is 39.0 Å². The molecule has 106 valence electrons. The summed E-state index contributed by atoms with van der Waals surface area (Å²) in [6, 6.07) is 0.808. The highest BCUT2D eigenvalue weighted by molar-refractivity contribution is 4.75. The van der Waals surface area contributed by atoms with Crippen LogP contribution in [0.4, 0.5) is 0 Å². The Morgan fingerprint density at radius 1 is 1.00 bits per heavy atom. The molecule has 2 fully saturated rings. The first-order valence-corrected chi connectivity index (χ1v) is 8.25. The van der Waals surface area contributed by atoms with Crippen LogP contribution in [0.2, 0.25) is 0 Å². The van der Waals surface area contributed by atoms with Crippen molar-refractivity contribution >= 4 is 0 Å². The molecule has 1 N–H and O–H groups in total. The Morgan fingerprint density at radius 2 is 1.72 bits per heavy atom. The van der Waals surface area contributed by atoms with Gasteiger partial charge in [0.2, 0.25) is 0 Å². The summed E-state index contributed by atoms with van der Waals surface area (Å²) in [7, 11) is 0. The maximum Gasteiger partial charge on any atom is 0.0603 e. The van der Waals surface area contributed by atoms with E-state index in [0.29, 0.717) is 6.10 Å². The summed E-state index contributed by atoms with van der Waals surface area (Å²) >= 11 is 0. The Balaban J connectivity index is 1.51. The van der Waals surface area contributed by atoms with E-state index in [0.717, 1.165) is 25.1 Å². The molecule has 2 aliphatic carbocycles. The van der Waals surface area contributed by atoms with E-state index < -0.39 is 0 Å². The van der Waals surface area contributed by atoms with Gasteiger partial charge in [-0.05, 0) is 44.6 Å². The molecule has 2 heteroatoms. The molecule has 0 radical (unpaired) electrons. The molecular formula is C16H31NO. The lowest BCUT2D eigenvalue weighted by Gasteiger charge is -2.30. The Labute approximate surface area is 113 Å². The largest absolute Gasteiger partial charge is 0.378 e. The predicted molar refractivity (Wildman–Crippen MR) is 76.9 cm³/mol. The molecule has 0 aromatic heterocycles. The van der Waals surface area contributed by atoms with Crippen LogP contribution in [0.15, 0.2) is 0 Å². The number of ether oxygens (including phenoxy) is 1. The second kappa shape index (κ2) is 8.16. The molecule has 2 atom stereocenters. The van der Waals surface area contributed by atoms with Crippen molar-refractivity contribution in [2.45, 2.75) is 83.3 Å². The van der Waals surface area contributed by atoms with Crippen molar-refractivity contribution in [1.29, 1.82) is 0 Å². The zero-order chi connectivity index (χ0) is 12.6. The topological polar surface area (TPSA) is 21.3 Å². The van der Waals surface area contributed by atoms with Gasteiger partial charge < -0.3 is 10.1 Å². The quantitative estimate of drug-likeness (QED) is 0.695. The Hall–Kier alpha value is -0.0800. The summed E-state index contributed by atoms with van der Waals surface area (Å²) in [5.41, 5.74) is 0. The summed E-state index contributed by atoms with van der Waals surface area (Å²) < 4.78 is 6.11. The van der Waals surface area contributed by atoms with E-state index in [1.54, 1.807) is 0 Å². The van der Waals surface area contributed by atoms with E-state index in [-0.39, 0.29) is 0 Å². The van der Waals surface area contributed by atoms with Crippen molar-refractivity contribution < 1.29 is 4.74 Å². The van der Waals surface area contributed by atoms with Gasteiger partial charge in [-0.15, -0.1) is 0 Å². The molecule has 2 unspecified atom stereocenters. The zero-order valence-corrected chi connectivity index (χ0v) is 12.1. The smallest absolute Gasteiger partial charge is 0.0603 e. The summed E-state index contributed by atoms with van der Waals surface area (Å²) in [5, 5.41) is 3.66. The third-order valence-corrected chi connectivity index (χ3v) is 4.80. The van der Waals surface area contributed by atoms with Crippen LogP contribution in [0.1, 0.15) is 71.1 Å². The molecule has 0 spiro atoms. The van der Waals surface area contributed by atoms with Crippen molar-refractivity contribution in [3.63, 3.8) is 0 Å². The maximum absolute atomic E-state index is 6.11. The fourth-order valence-electron chi connectivity index (χ4n) is 3.60. The lowest BCUT2D eigenvalue weighted by Crippen LogP contribution is -2.30. The molecule has 18 heavy (non-hydrogen) atoms. The van der Waals surface area contributed by atoms with Crippen molar-refractivity contribution in [3.05, 3.63) is 0 Å². The lowest BCUT2D eigenvalue weighted by atomic mass is 9.85. The third kappa shape index (κ3) is 4.55. The molecule has 0 aliphatic heterocycles. The molecule has 0 heterocycles. The van der Waals surface area contributed by atoms with Gasteiger partial charge in [-0.25, -0.2) is 0 Å². The first-order valence-electron chi connectivity index (χ1n) is 8.25. The summed E-state index contributed by atoms with van der Waals surface area (Å²) in [4.78, 5) is 0. The standard InChI is InChI=1S/C16H31NO/c1-2-14-8-3-6-11-16(14)18-13-7-12-17-15-9-4-5-10-15/h14-17H,2-13H2,1H3. The lowest BCUT2D eigenvalue weighted by molar-refractivity contribution is -0.0128. The van der Waals surface area contributed by atoms with Crippen molar-refractivity contribution in [3.8, 4) is 0 Å². The highest BCUT2D eigenvalue weighted by atomic mass is 16.5. The normalized spacial score (nSPS) is 29.8. The van der Waals surface area contributed by atoms with Crippen LogP contribution in [0.3, 0.4) is 0 Å². The maximum atomic E-state index is 6.11. The van der Waals surface area contributed by atoms with Crippen LogP contribution in [0.5, 0.6) is 0 Å². The monoisotopic (exact) mass is 253 g/mol. The van der Waals surface area contributed by atoms with E-state index in [1.165, 1.54) is 64.2 Å². The van der Waals surface area contributed by atoms with Crippen LogP contribution >= 0.6 is 0 Å². The number of hydrogen-bond acceptors (Lipinski definition) is 2. The average Bonchev–Trinajstić information content (AvgIpc) is 2.92. The van der Waals surface area contributed by atoms with Crippen LogP contribution in [0.25, 0.3) is 0 Å². The van der Waals surface area contributed by atoms with E-state index >= 15 is 0 Å². The van der Waals surface area contributed by atoms with Gasteiger partial charge in [-0.3, -0.25) is 0 Å². The van der Waals surface area contributed by atoms with Crippen molar-refractivity contribution in [2.75, 3.05) is 13.2 Å². The number of hydrogen-bond donors (Lipinski definition) is 1. The minimum atomic E-state index is 0.565. The SMILES string of the molecule is CCC1CCCCC1OCCCNC1CCCC1. The van der Waals surface area contributed by atoms with Gasteiger partial charge in [0.05, 0.1) is 6.10 Å². The van der Waals surface area contributed by atoms with Gasteiger partial charge >= 0.3 is 0 Å². The Kier molecular flexibility index (Phi) is 6.50. The molecule has 2 saturated carbocycles. The molecular weight excluding hydrogens is 222 g/mol. The second-order valence-electron chi connectivity index (χ2n) is 6.15. The minimum Gasteiger partial charge on any atom is -0.378 e. The van der Waals surface area contributed by atoms with Crippen LogP contribution in [-0.4, -0.2) is 25.3 Å². The molecule has 0 aromatic carbocycles. The van der Waals surface area contributed by atoms with Gasteiger partial charge in [0.1, 0.15) is 0 Å². The summed E-state index contributed by atoms with van der Waals surface area (Å²) in [6.07, 6.45) is 14.2. The highest BCUT2D eigenvalue weighted by Gasteiger charge is 2.23. The predicted octanol–water partition coefficient (Wildman–Crippen LogP) is 3.89. The van der Waals surface area contributed by atoms with Crippen LogP contribution in [-0.2, 0) is 4.74 Å². The molecule has 0 bridgehead atoms. The number of rotatable bonds is 7. The van der Waals surface area contributed by atoms with Gasteiger partial charge in [0, 0.05) is 12.6 Å². The van der Waals surface area contributed by atoms with Crippen LogP contribution in [0, 0.1) is 5.92 Å². The molecule has 2 rings (SSSR count). The molecule has 0 aromatic rings. The van der Waals surface area contributed by atoms with Crippen molar-refractivity contribution in [2.24, 2.45) is 5.92 Å². The van der Waals surface area contributed by atoms with Gasteiger partial charge in [0.25, 0.3) is 0 Å². The number of nitrogens with one attached hydrogen (secondary N) is 1. The summed E-state index contributed by atoms with van der Waals surface area (Å²) in [5.74, 6) is 0.835. The Morgan fingerprint density at radius 3 is 2.50 bits per heavy atom. The molecule has 0 amide bonds. The zero-order valence-electron chi connectivity index (χ0n) is 12.1. The fourth-order valence-corrected chi connectivity index (χ4v) is 3.60. The molecule has 0 saturated heterocycles. The van der Waals surface area contributed by atoms with E-state index in [1.807, 2.05) is 0 Å². The summed E-state index contributed by atoms with van der Waals surface area (Å²) in [6.45, 7) is 4.42. The van der Waals surface area contributed by atoms with E-state index in [4.69, 9.17) is 4.74 Å². The van der Waals surface area contributed by atoms with Crippen LogP contribution < -0.4 is 5.32 Å². The minimum absolute atomic E-state index is 0.565. The average molecular weight is 253 g/mol. The first-order chi connectivity index (χ1) is 8.90. The van der Waals surface area contributed by atoms with Gasteiger partial charge in [-0.2, -0.15) is 0 Å². The highest BCUT2D eigenvalue weighted by Crippen LogP contribution is 2.29. The molecule has 2 nitrogen and oxygen atoms in total. The van der Waals surface area contributed by atoms with Gasteiger partial charge in [0.15, 0.2) is 0 Å².